The third-order valence-corrected chi connectivity index (χ3v) is 2.59. The highest BCUT2D eigenvalue weighted by molar-refractivity contribution is 5.76. The minimum atomic E-state index is -1.91. The molecule has 0 aliphatic rings. The van der Waals surface area contributed by atoms with E-state index in [0.717, 1.165) is 0 Å². The molecule has 1 aromatic carbocycles. The van der Waals surface area contributed by atoms with Crippen LogP contribution in [0.1, 0.15) is 26.0 Å². The quantitative estimate of drug-likeness (QED) is 0.398. The molecule has 0 bridgehead atoms. The van der Waals surface area contributed by atoms with Crippen molar-refractivity contribution in [1.29, 1.82) is 0 Å². The van der Waals surface area contributed by atoms with Crippen LogP contribution in [0.15, 0.2) is 0 Å². The number of nitrogens with one attached hydrogen (secondary N) is 1. The Bertz CT molecular complexity index is 579. The molecule has 1 aromatic heterocycles. The van der Waals surface area contributed by atoms with E-state index >= 15 is 0 Å². The monoisotopic (exact) mass is 292 g/mol. The summed E-state index contributed by atoms with van der Waals surface area (Å²) in [6.07, 6.45) is -0.998. The van der Waals surface area contributed by atoms with Gasteiger partial charge in [0.05, 0.1) is 0 Å². The number of rotatable bonds is 5. The van der Waals surface area contributed by atoms with Crippen LogP contribution in [-0.2, 0) is 9.47 Å². The third-order valence-electron chi connectivity index (χ3n) is 2.59. The van der Waals surface area contributed by atoms with Crippen molar-refractivity contribution in [3.05, 3.63) is 29.1 Å². The van der Waals surface area contributed by atoms with Crippen LogP contribution < -0.4 is 0 Å². The Labute approximate surface area is 111 Å². The fraction of sp³-hybridized carbons (Fsp3) is 0.417. The van der Waals surface area contributed by atoms with Gasteiger partial charge in [0, 0.05) is 13.2 Å². The van der Waals surface area contributed by atoms with Gasteiger partial charge in [0.2, 0.25) is 6.29 Å². The summed E-state index contributed by atoms with van der Waals surface area (Å²) in [5.41, 5.74) is -1.21. The standard InChI is InChI=1S/C12H12F4N2O2/c1-3-19-12(20-4-2)11-17-9-7(15)5(13)6(14)8(16)10(9)18-11/h12H,3-4H2,1-2H3,(H,17,18). The molecule has 110 valence electrons. The molecule has 4 nitrogen and oxygen atoms in total. The van der Waals surface area contributed by atoms with Crippen LogP contribution in [0, 0.1) is 23.3 Å². The van der Waals surface area contributed by atoms with E-state index in [2.05, 4.69) is 9.97 Å². The van der Waals surface area contributed by atoms with Gasteiger partial charge >= 0.3 is 0 Å². The maximum atomic E-state index is 13.6. The smallest absolute Gasteiger partial charge is 0.217 e. The number of benzene rings is 1. The first kappa shape index (κ1) is 14.7. The molecule has 0 spiro atoms. The molecule has 2 rings (SSSR count). The van der Waals surface area contributed by atoms with Gasteiger partial charge in [0.15, 0.2) is 29.1 Å². The fourth-order valence-corrected chi connectivity index (χ4v) is 1.74. The number of hydrogen-bond acceptors (Lipinski definition) is 3. The van der Waals surface area contributed by atoms with Crippen LogP contribution >= 0.6 is 0 Å². The van der Waals surface area contributed by atoms with Gasteiger partial charge in [-0.15, -0.1) is 0 Å². The summed E-state index contributed by atoms with van der Waals surface area (Å²) in [6, 6.07) is 0. The summed E-state index contributed by atoms with van der Waals surface area (Å²) in [4.78, 5) is 6.05. The lowest BCUT2D eigenvalue weighted by Gasteiger charge is -2.13. The normalized spacial score (nSPS) is 11.8. The first-order valence-corrected chi connectivity index (χ1v) is 5.95. The summed E-state index contributed by atoms with van der Waals surface area (Å²) in [7, 11) is 0. The Morgan fingerprint density at radius 2 is 1.50 bits per heavy atom. The van der Waals surface area contributed by atoms with Crippen molar-refractivity contribution in [2.45, 2.75) is 20.1 Å². The Morgan fingerprint density at radius 3 is 2.05 bits per heavy atom. The van der Waals surface area contributed by atoms with Crippen molar-refractivity contribution >= 4 is 11.0 Å². The lowest BCUT2D eigenvalue weighted by molar-refractivity contribution is -0.144. The number of nitrogens with zero attached hydrogens (tertiary/aromatic N) is 1. The van der Waals surface area contributed by atoms with E-state index in [0.29, 0.717) is 0 Å². The lowest BCUT2D eigenvalue weighted by atomic mass is 10.2. The van der Waals surface area contributed by atoms with E-state index < -0.39 is 40.6 Å². The first-order valence-electron chi connectivity index (χ1n) is 5.95. The second kappa shape index (κ2) is 5.76. The zero-order chi connectivity index (χ0) is 14.9. The van der Waals surface area contributed by atoms with Crippen molar-refractivity contribution in [1.82, 2.24) is 9.97 Å². The third kappa shape index (κ3) is 2.36. The highest BCUT2D eigenvalue weighted by atomic mass is 19.2. The molecule has 0 unspecified atom stereocenters. The van der Waals surface area contributed by atoms with E-state index in [1.54, 1.807) is 13.8 Å². The number of aromatic nitrogens is 2. The molecule has 1 heterocycles. The van der Waals surface area contributed by atoms with E-state index in [-0.39, 0.29) is 19.0 Å². The molecular weight excluding hydrogens is 280 g/mol. The van der Waals surface area contributed by atoms with Gasteiger partial charge in [-0.1, -0.05) is 0 Å². The number of H-pyrrole nitrogens is 1. The zero-order valence-electron chi connectivity index (χ0n) is 10.8. The molecule has 8 heteroatoms. The number of imidazole rings is 1. The largest absolute Gasteiger partial charge is 0.346 e. The van der Waals surface area contributed by atoms with Gasteiger partial charge in [-0.3, -0.25) is 0 Å². The summed E-state index contributed by atoms with van der Waals surface area (Å²) < 4.78 is 63.7. The molecule has 0 aliphatic heterocycles. The summed E-state index contributed by atoms with van der Waals surface area (Å²) in [5, 5.41) is 0. The molecule has 0 atom stereocenters. The van der Waals surface area contributed by atoms with E-state index in [4.69, 9.17) is 9.47 Å². The molecule has 20 heavy (non-hydrogen) atoms. The van der Waals surface area contributed by atoms with Crippen LogP contribution in [0.4, 0.5) is 17.6 Å². The Hall–Kier alpha value is -1.67. The minimum Gasteiger partial charge on any atom is -0.346 e. The maximum absolute atomic E-state index is 13.6. The Kier molecular flexibility index (Phi) is 4.24. The maximum Gasteiger partial charge on any atom is 0.217 e. The second-order valence-electron chi connectivity index (χ2n) is 3.84. The number of ether oxygens (including phenoxy) is 2. The average molecular weight is 292 g/mol. The first-order chi connectivity index (χ1) is 9.51. The summed E-state index contributed by atoms with van der Waals surface area (Å²) in [5.74, 6) is -6.96. The summed E-state index contributed by atoms with van der Waals surface area (Å²) >= 11 is 0. The zero-order valence-corrected chi connectivity index (χ0v) is 10.8. The van der Waals surface area contributed by atoms with Crippen LogP contribution in [0.3, 0.4) is 0 Å². The molecule has 0 saturated carbocycles. The number of fused-ring (bicyclic) bond motifs is 1. The number of hydrogen-bond donors (Lipinski definition) is 1. The lowest BCUT2D eigenvalue weighted by Crippen LogP contribution is -2.10. The Morgan fingerprint density at radius 1 is 0.950 bits per heavy atom. The van der Waals surface area contributed by atoms with Gasteiger partial charge < -0.3 is 14.5 Å². The molecular formula is C12H12F4N2O2. The van der Waals surface area contributed by atoms with Crippen molar-refractivity contribution in [2.75, 3.05) is 13.2 Å². The van der Waals surface area contributed by atoms with E-state index in [9.17, 15) is 17.6 Å². The molecule has 0 radical (unpaired) electrons. The minimum absolute atomic E-state index is 0.0634. The predicted octanol–water partition coefficient (Wildman–Crippen LogP) is 3.19. The van der Waals surface area contributed by atoms with Gasteiger partial charge in [-0.25, -0.2) is 22.5 Å². The number of aromatic amines is 1. The summed E-state index contributed by atoms with van der Waals surface area (Å²) in [6.45, 7) is 3.90. The van der Waals surface area contributed by atoms with Crippen LogP contribution in [-0.4, -0.2) is 23.2 Å². The van der Waals surface area contributed by atoms with Crippen molar-refractivity contribution in [2.24, 2.45) is 0 Å². The van der Waals surface area contributed by atoms with Gasteiger partial charge in [-0.05, 0) is 13.8 Å². The van der Waals surface area contributed by atoms with Gasteiger partial charge in [0.1, 0.15) is 11.0 Å². The fourth-order valence-electron chi connectivity index (χ4n) is 1.74. The highest BCUT2D eigenvalue weighted by Gasteiger charge is 2.26. The Balaban J connectivity index is 2.58. The molecule has 1 N–H and O–H groups in total. The molecule has 0 fully saturated rings. The molecule has 0 aliphatic carbocycles. The predicted molar refractivity (Wildman–Crippen MR) is 61.9 cm³/mol. The second-order valence-corrected chi connectivity index (χ2v) is 3.84. The van der Waals surface area contributed by atoms with Crippen LogP contribution in [0.2, 0.25) is 0 Å². The van der Waals surface area contributed by atoms with E-state index in [1.807, 2.05) is 0 Å². The highest BCUT2D eigenvalue weighted by Crippen LogP contribution is 2.27. The number of halogens is 4. The SMILES string of the molecule is CCOC(OCC)c1nc2c(F)c(F)c(F)c(F)c2[nH]1. The van der Waals surface area contributed by atoms with E-state index in [1.165, 1.54) is 0 Å². The van der Waals surface area contributed by atoms with Crippen molar-refractivity contribution in [3.63, 3.8) is 0 Å². The average Bonchev–Trinajstić information content (AvgIpc) is 2.88. The molecule has 0 saturated heterocycles. The van der Waals surface area contributed by atoms with Gasteiger partial charge in [-0.2, -0.15) is 0 Å². The van der Waals surface area contributed by atoms with Crippen LogP contribution in [0.5, 0.6) is 0 Å². The van der Waals surface area contributed by atoms with Crippen molar-refractivity contribution < 1.29 is 27.0 Å². The van der Waals surface area contributed by atoms with Crippen LogP contribution in [0.25, 0.3) is 11.0 Å². The molecule has 0 amide bonds. The topological polar surface area (TPSA) is 47.1 Å². The van der Waals surface area contributed by atoms with Crippen molar-refractivity contribution in [3.8, 4) is 0 Å². The molecule has 2 aromatic rings. The van der Waals surface area contributed by atoms with Gasteiger partial charge in [0.25, 0.3) is 0 Å².